The number of rotatable bonds is 1. The van der Waals surface area contributed by atoms with E-state index in [0.717, 1.165) is 32.1 Å². The van der Waals surface area contributed by atoms with Crippen LogP contribution in [0.5, 0.6) is 0 Å². The van der Waals surface area contributed by atoms with Crippen LogP contribution < -0.4 is 0 Å². The van der Waals surface area contributed by atoms with E-state index >= 15 is 0 Å². The summed E-state index contributed by atoms with van der Waals surface area (Å²) in [4.78, 5) is 6.59. The Labute approximate surface area is 71.0 Å². The average Bonchev–Trinajstić information content (AvgIpc) is 2.47. The molecule has 0 aliphatic carbocycles. The second-order valence-electron chi connectivity index (χ2n) is 2.81. The van der Waals surface area contributed by atoms with E-state index in [1.165, 1.54) is 0 Å². The molecule has 62 valence electrons. The second-order valence-corrected chi connectivity index (χ2v) is 3.08. The van der Waals surface area contributed by atoms with Gasteiger partial charge >= 0.3 is 0 Å². The summed E-state index contributed by atoms with van der Waals surface area (Å²) in [5.41, 5.74) is 0. The van der Waals surface area contributed by atoms with Gasteiger partial charge in [-0.25, -0.2) is 0 Å². The van der Waals surface area contributed by atoms with Crippen molar-refractivity contribution in [3.63, 3.8) is 0 Å². The molecule has 0 amide bonds. The van der Waals surface area contributed by atoms with Crippen LogP contribution in [0.25, 0.3) is 0 Å². The highest BCUT2D eigenvalue weighted by Crippen LogP contribution is 2.14. The highest BCUT2D eigenvalue weighted by atomic mass is 35.5. The molecule has 2 aliphatic heterocycles. The first-order valence-electron chi connectivity index (χ1n) is 3.85. The van der Waals surface area contributed by atoms with Crippen LogP contribution in [-0.2, 0) is 4.74 Å². The summed E-state index contributed by atoms with van der Waals surface area (Å²) < 4.78 is 5.32. The SMILES string of the molecule is ClCC1=NCC2COCCN12. The van der Waals surface area contributed by atoms with Gasteiger partial charge in [-0.3, -0.25) is 4.99 Å². The molecule has 0 spiro atoms. The number of morpholine rings is 1. The van der Waals surface area contributed by atoms with Gasteiger partial charge in [-0.1, -0.05) is 0 Å². The largest absolute Gasteiger partial charge is 0.377 e. The predicted octanol–water partition coefficient (Wildman–Crippen LogP) is 0.338. The van der Waals surface area contributed by atoms with E-state index < -0.39 is 0 Å². The van der Waals surface area contributed by atoms with Crippen molar-refractivity contribution in [1.29, 1.82) is 0 Å². The summed E-state index contributed by atoms with van der Waals surface area (Å²) in [5, 5.41) is 0. The molecular weight excluding hydrogens is 164 g/mol. The standard InChI is InChI=1S/C7H11ClN2O/c8-3-7-9-4-6-5-11-2-1-10(6)7/h6H,1-5H2. The van der Waals surface area contributed by atoms with Crippen LogP contribution in [0.15, 0.2) is 4.99 Å². The Bertz CT molecular complexity index is 183. The number of fused-ring (bicyclic) bond motifs is 1. The Hall–Kier alpha value is -0.280. The number of hydrogen-bond acceptors (Lipinski definition) is 3. The fourth-order valence-electron chi connectivity index (χ4n) is 1.57. The summed E-state index contributed by atoms with van der Waals surface area (Å²) in [6.07, 6.45) is 0. The number of aliphatic imine (C=N–C) groups is 1. The maximum atomic E-state index is 5.71. The molecule has 0 N–H and O–H groups in total. The van der Waals surface area contributed by atoms with Crippen LogP contribution in [0, 0.1) is 0 Å². The predicted molar refractivity (Wildman–Crippen MR) is 44.3 cm³/mol. The lowest BCUT2D eigenvalue weighted by atomic mass is 10.2. The summed E-state index contributed by atoms with van der Waals surface area (Å²) in [6, 6.07) is 0.470. The highest BCUT2D eigenvalue weighted by molar-refractivity contribution is 6.28. The lowest BCUT2D eigenvalue weighted by molar-refractivity contribution is 0.0364. The maximum Gasteiger partial charge on any atom is 0.114 e. The molecule has 11 heavy (non-hydrogen) atoms. The Morgan fingerprint density at radius 3 is 3.45 bits per heavy atom. The van der Waals surface area contributed by atoms with Crippen molar-refractivity contribution in [1.82, 2.24) is 4.90 Å². The zero-order valence-corrected chi connectivity index (χ0v) is 7.05. The van der Waals surface area contributed by atoms with E-state index in [9.17, 15) is 0 Å². The molecule has 1 atom stereocenters. The minimum atomic E-state index is 0.470. The fraction of sp³-hybridized carbons (Fsp3) is 0.857. The maximum absolute atomic E-state index is 5.71. The molecule has 2 rings (SSSR count). The third-order valence-electron chi connectivity index (χ3n) is 2.16. The minimum Gasteiger partial charge on any atom is -0.377 e. The van der Waals surface area contributed by atoms with Crippen LogP contribution in [0.4, 0.5) is 0 Å². The number of hydrogen-bond donors (Lipinski definition) is 0. The van der Waals surface area contributed by atoms with E-state index in [1.54, 1.807) is 0 Å². The Morgan fingerprint density at radius 2 is 2.64 bits per heavy atom. The lowest BCUT2D eigenvalue weighted by Crippen LogP contribution is -2.46. The van der Waals surface area contributed by atoms with Gasteiger partial charge in [-0.05, 0) is 0 Å². The van der Waals surface area contributed by atoms with Crippen molar-refractivity contribution in [3.05, 3.63) is 0 Å². The van der Waals surface area contributed by atoms with Crippen LogP contribution >= 0.6 is 11.6 Å². The molecule has 0 bridgehead atoms. The smallest absolute Gasteiger partial charge is 0.114 e. The van der Waals surface area contributed by atoms with Gasteiger partial charge in [0.25, 0.3) is 0 Å². The molecule has 1 saturated heterocycles. The monoisotopic (exact) mass is 174 g/mol. The van der Waals surface area contributed by atoms with Crippen molar-refractivity contribution in [2.75, 3.05) is 32.2 Å². The third kappa shape index (κ3) is 1.23. The molecule has 0 aromatic carbocycles. The van der Waals surface area contributed by atoms with Crippen molar-refractivity contribution in [2.45, 2.75) is 6.04 Å². The van der Waals surface area contributed by atoms with Crippen LogP contribution in [0.1, 0.15) is 0 Å². The van der Waals surface area contributed by atoms with E-state index in [4.69, 9.17) is 16.3 Å². The van der Waals surface area contributed by atoms with Crippen molar-refractivity contribution >= 4 is 17.4 Å². The second kappa shape index (κ2) is 2.99. The zero-order valence-electron chi connectivity index (χ0n) is 6.29. The molecular formula is C7H11ClN2O. The number of alkyl halides is 1. The summed E-state index contributed by atoms with van der Waals surface area (Å²) >= 11 is 5.71. The van der Waals surface area contributed by atoms with Gasteiger partial charge in [0.15, 0.2) is 0 Å². The molecule has 0 aromatic heterocycles. The quantitative estimate of drug-likeness (QED) is 0.536. The first-order valence-corrected chi connectivity index (χ1v) is 4.39. The van der Waals surface area contributed by atoms with Gasteiger partial charge < -0.3 is 9.64 Å². The van der Waals surface area contributed by atoms with Crippen molar-refractivity contribution in [3.8, 4) is 0 Å². The fourth-order valence-corrected chi connectivity index (χ4v) is 1.80. The molecule has 1 fully saturated rings. The molecule has 0 aromatic rings. The van der Waals surface area contributed by atoms with Gasteiger partial charge in [-0.2, -0.15) is 0 Å². The number of ether oxygens (including phenoxy) is 1. The summed E-state index contributed by atoms with van der Waals surface area (Å²) in [6.45, 7) is 3.44. The van der Waals surface area contributed by atoms with Gasteiger partial charge in [-0.15, -0.1) is 11.6 Å². The van der Waals surface area contributed by atoms with E-state index in [-0.39, 0.29) is 0 Å². The van der Waals surface area contributed by atoms with Crippen LogP contribution in [-0.4, -0.2) is 49.0 Å². The first-order chi connectivity index (χ1) is 5.42. The third-order valence-corrected chi connectivity index (χ3v) is 2.40. The molecule has 0 radical (unpaired) electrons. The molecule has 3 nitrogen and oxygen atoms in total. The van der Waals surface area contributed by atoms with E-state index in [1.807, 2.05) is 0 Å². The Kier molecular flexibility index (Phi) is 2.00. The average molecular weight is 175 g/mol. The van der Waals surface area contributed by atoms with Gasteiger partial charge in [0.2, 0.25) is 0 Å². The minimum absolute atomic E-state index is 0.470. The van der Waals surface area contributed by atoms with Crippen molar-refractivity contribution < 1.29 is 4.74 Å². The van der Waals surface area contributed by atoms with E-state index in [0.29, 0.717) is 11.9 Å². The Balaban J connectivity index is 2.05. The molecule has 2 aliphatic rings. The number of amidine groups is 1. The van der Waals surface area contributed by atoms with Gasteiger partial charge in [0.05, 0.1) is 31.7 Å². The zero-order chi connectivity index (χ0) is 7.68. The van der Waals surface area contributed by atoms with Gasteiger partial charge in [0, 0.05) is 6.54 Å². The first kappa shape index (κ1) is 7.37. The number of nitrogens with zero attached hydrogens (tertiary/aromatic N) is 2. The van der Waals surface area contributed by atoms with Crippen LogP contribution in [0.2, 0.25) is 0 Å². The van der Waals surface area contributed by atoms with Crippen LogP contribution in [0.3, 0.4) is 0 Å². The Morgan fingerprint density at radius 1 is 1.73 bits per heavy atom. The summed E-state index contributed by atoms with van der Waals surface area (Å²) in [7, 11) is 0. The number of halogens is 1. The molecule has 0 saturated carbocycles. The lowest BCUT2D eigenvalue weighted by Gasteiger charge is -2.31. The molecule has 2 heterocycles. The topological polar surface area (TPSA) is 24.8 Å². The van der Waals surface area contributed by atoms with Gasteiger partial charge in [0.1, 0.15) is 5.84 Å². The molecule has 4 heteroatoms. The van der Waals surface area contributed by atoms with Crippen molar-refractivity contribution in [2.24, 2.45) is 4.99 Å². The highest BCUT2D eigenvalue weighted by Gasteiger charge is 2.29. The summed E-state index contributed by atoms with van der Waals surface area (Å²) in [5.74, 6) is 1.58. The van der Waals surface area contributed by atoms with E-state index in [2.05, 4.69) is 9.89 Å². The molecule has 1 unspecified atom stereocenters. The normalized spacial score (nSPS) is 30.1.